The van der Waals surface area contributed by atoms with Crippen molar-refractivity contribution in [1.82, 2.24) is 4.90 Å². The number of nitrogens with zero attached hydrogens (tertiary/aromatic N) is 1. The van der Waals surface area contributed by atoms with Crippen LogP contribution in [0.3, 0.4) is 0 Å². The predicted molar refractivity (Wildman–Crippen MR) is 79.6 cm³/mol. The summed E-state index contributed by atoms with van der Waals surface area (Å²) in [5.74, 6) is -1.82. The maximum absolute atomic E-state index is 12.0. The molecular weight excluding hydrogens is 284 g/mol. The molecule has 2 rings (SSSR count). The van der Waals surface area contributed by atoms with Crippen molar-refractivity contribution in [2.24, 2.45) is 11.7 Å². The number of carbonyl (C=O) groups excluding carboxylic acids is 3. The fraction of sp³-hybridized carbons (Fsp3) is 0.438. The topological polar surface area (TPSA) is 89.7 Å². The van der Waals surface area contributed by atoms with Crippen molar-refractivity contribution >= 4 is 17.8 Å². The first-order valence-electron chi connectivity index (χ1n) is 7.29. The van der Waals surface area contributed by atoms with Crippen molar-refractivity contribution in [3.8, 4) is 0 Å². The van der Waals surface area contributed by atoms with Gasteiger partial charge in [0, 0.05) is 19.5 Å². The predicted octanol–water partition coefficient (Wildman–Crippen LogP) is 0.495. The van der Waals surface area contributed by atoms with E-state index in [9.17, 15) is 14.4 Å². The Balaban J connectivity index is 1.85. The highest BCUT2D eigenvalue weighted by Gasteiger charge is 2.36. The molecule has 22 heavy (non-hydrogen) atoms. The number of primary amides is 1. The van der Waals surface area contributed by atoms with Gasteiger partial charge in [-0.1, -0.05) is 30.3 Å². The Bertz CT molecular complexity index is 559. The number of esters is 1. The van der Waals surface area contributed by atoms with Gasteiger partial charge in [-0.3, -0.25) is 14.4 Å². The Kier molecular flexibility index (Phi) is 5.14. The van der Waals surface area contributed by atoms with E-state index in [1.54, 1.807) is 4.90 Å². The van der Waals surface area contributed by atoms with Gasteiger partial charge in [0.15, 0.2) is 6.10 Å². The Hall–Kier alpha value is -2.37. The average molecular weight is 304 g/mol. The van der Waals surface area contributed by atoms with Crippen LogP contribution in [0.5, 0.6) is 0 Å². The van der Waals surface area contributed by atoms with Gasteiger partial charge in [-0.2, -0.15) is 0 Å². The summed E-state index contributed by atoms with van der Waals surface area (Å²) in [4.78, 5) is 36.4. The van der Waals surface area contributed by atoms with Gasteiger partial charge in [0.2, 0.25) is 5.91 Å². The van der Waals surface area contributed by atoms with Crippen molar-refractivity contribution in [3.63, 3.8) is 0 Å². The van der Waals surface area contributed by atoms with Crippen molar-refractivity contribution < 1.29 is 19.1 Å². The van der Waals surface area contributed by atoms with Gasteiger partial charge in [-0.05, 0) is 18.9 Å². The number of likely N-dealkylation sites (tertiary alicyclic amines) is 1. The summed E-state index contributed by atoms with van der Waals surface area (Å²) >= 11 is 0. The van der Waals surface area contributed by atoms with E-state index in [0.717, 1.165) is 12.0 Å². The maximum Gasteiger partial charge on any atom is 0.312 e. The molecule has 1 aliphatic rings. The first kappa shape index (κ1) is 16.0. The fourth-order valence-corrected chi connectivity index (χ4v) is 2.38. The minimum Gasteiger partial charge on any atom is -0.452 e. The van der Waals surface area contributed by atoms with Crippen LogP contribution in [0, 0.1) is 5.92 Å². The summed E-state index contributed by atoms with van der Waals surface area (Å²) in [7, 11) is 0. The highest BCUT2D eigenvalue weighted by atomic mass is 16.5. The fourth-order valence-electron chi connectivity index (χ4n) is 2.38. The number of hydrogen-bond acceptors (Lipinski definition) is 4. The minimum atomic E-state index is -0.971. The SMILES string of the molecule is C[C@H](OC(=O)[C@@H]1CC(=O)N(CCc2ccccc2)C1)C(N)=O. The zero-order valence-corrected chi connectivity index (χ0v) is 12.5. The molecule has 1 aliphatic heterocycles. The van der Waals surface area contributed by atoms with Crippen LogP contribution in [0.15, 0.2) is 30.3 Å². The van der Waals surface area contributed by atoms with E-state index < -0.39 is 23.9 Å². The molecule has 1 aromatic carbocycles. The molecule has 1 aromatic rings. The number of ether oxygens (including phenoxy) is 1. The Morgan fingerprint density at radius 1 is 1.36 bits per heavy atom. The summed E-state index contributed by atoms with van der Waals surface area (Å²) in [5, 5.41) is 0. The molecule has 2 amide bonds. The largest absolute Gasteiger partial charge is 0.452 e. The van der Waals surface area contributed by atoms with Gasteiger partial charge in [0.1, 0.15) is 0 Å². The maximum atomic E-state index is 12.0. The van der Waals surface area contributed by atoms with Gasteiger partial charge >= 0.3 is 5.97 Å². The van der Waals surface area contributed by atoms with Crippen LogP contribution in [0.25, 0.3) is 0 Å². The molecule has 6 heteroatoms. The van der Waals surface area contributed by atoms with Crippen LogP contribution in [0.4, 0.5) is 0 Å². The number of nitrogens with two attached hydrogens (primary N) is 1. The third kappa shape index (κ3) is 4.07. The van der Waals surface area contributed by atoms with Crippen LogP contribution in [-0.2, 0) is 25.5 Å². The number of carbonyl (C=O) groups is 3. The van der Waals surface area contributed by atoms with Crippen LogP contribution >= 0.6 is 0 Å². The molecule has 2 N–H and O–H groups in total. The molecular formula is C16H20N2O4. The first-order valence-corrected chi connectivity index (χ1v) is 7.29. The van der Waals surface area contributed by atoms with E-state index in [1.807, 2.05) is 30.3 Å². The van der Waals surface area contributed by atoms with E-state index in [1.165, 1.54) is 6.92 Å². The summed E-state index contributed by atoms with van der Waals surface area (Å²) < 4.78 is 4.96. The van der Waals surface area contributed by atoms with E-state index in [-0.39, 0.29) is 12.3 Å². The molecule has 0 unspecified atom stereocenters. The molecule has 1 fully saturated rings. The van der Waals surface area contributed by atoms with Gasteiger partial charge in [-0.15, -0.1) is 0 Å². The van der Waals surface area contributed by atoms with Gasteiger partial charge in [0.25, 0.3) is 5.91 Å². The third-order valence-corrected chi connectivity index (χ3v) is 3.75. The molecule has 0 bridgehead atoms. The second-order valence-corrected chi connectivity index (χ2v) is 5.46. The van der Waals surface area contributed by atoms with E-state index in [4.69, 9.17) is 10.5 Å². The smallest absolute Gasteiger partial charge is 0.312 e. The van der Waals surface area contributed by atoms with Crippen LogP contribution in [-0.4, -0.2) is 41.9 Å². The monoisotopic (exact) mass is 304 g/mol. The van der Waals surface area contributed by atoms with E-state index >= 15 is 0 Å². The third-order valence-electron chi connectivity index (χ3n) is 3.75. The average Bonchev–Trinajstić information content (AvgIpc) is 2.87. The summed E-state index contributed by atoms with van der Waals surface area (Å²) in [6, 6.07) is 9.84. The normalized spacial score (nSPS) is 19.0. The second-order valence-electron chi connectivity index (χ2n) is 5.46. The van der Waals surface area contributed by atoms with Gasteiger partial charge < -0.3 is 15.4 Å². The van der Waals surface area contributed by atoms with Crippen LogP contribution in [0.2, 0.25) is 0 Å². The molecule has 6 nitrogen and oxygen atoms in total. The lowest BCUT2D eigenvalue weighted by Gasteiger charge is -2.17. The molecule has 1 heterocycles. The quantitative estimate of drug-likeness (QED) is 0.775. The highest BCUT2D eigenvalue weighted by molar-refractivity contribution is 5.88. The zero-order valence-electron chi connectivity index (χ0n) is 12.5. The van der Waals surface area contributed by atoms with Crippen molar-refractivity contribution in [3.05, 3.63) is 35.9 Å². The van der Waals surface area contributed by atoms with Gasteiger partial charge in [-0.25, -0.2) is 0 Å². The Morgan fingerprint density at radius 3 is 2.68 bits per heavy atom. The zero-order chi connectivity index (χ0) is 16.1. The summed E-state index contributed by atoms with van der Waals surface area (Å²) in [5.41, 5.74) is 6.20. The van der Waals surface area contributed by atoms with E-state index in [2.05, 4.69) is 0 Å². The number of rotatable bonds is 6. The molecule has 0 radical (unpaired) electrons. The number of hydrogen-bond donors (Lipinski definition) is 1. The molecule has 0 aliphatic carbocycles. The van der Waals surface area contributed by atoms with Crippen LogP contribution in [0.1, 0.15) is 18.9 Å². The Morgan fingerprint density at radius 2 is 2.05 bits per heavy atom. The first-order chi connectivity index (χ1) is 10.5. The minimum absolute atomic E-state index is 0.0652. The molecule has 0 spiro atoms. The van der Waals surface area contributed by atoms with E-state index in [0.29, 0.717) is 13.1 Å². The second kappa shape index (κ2) is 7.06. The number of benzene rings is 1. The van der Waals surface area contributed by atoms with Crippen molar-refractivity contribution in [2.45, 2.75) is 25.9 Å². The van der Waals surface area contributed by atoms with Crippen molar-refractivity contribution in [2.75, 3.05) is 13.1 Å². The van der Waals surface area contributed by atoms with Crippen molar-refractivity contribution in [1.29, 1.82) is 0 Å². The van der Waals surface area contributed by atoms with Gasteiger partial charge in [0.05, 0.1) is 5.92 Å². The lowest BCUT2D eigenvalue weighted by atomic mass is 10.1. The molecule has 118 valence electrons. The Labute approximate surface area is 129 Å². The lowest BCUT2D eigenvalue weighted by molar-refractivity contribution is -0.157. The molecule has 0 saturated carbocycles. The standard InChI is InChI=1S/C16H20N2O4/c1-11(15(17)20)22-16(21)13-9-14(19)18(10-13)8-7-12-5-3-2-4-6-12/h2-6,11,13H,7-10H2,1H3,(H2,17,20)/t11-,13+/m0/s1. The highest BCUT2D eigenvalue weighted by Crippen LogP contribution is 2.20. The molecule has 2 atom stereocenters. The molecule has 1 saturated heterocycles. The summed E-state index contributed by atoms with van der Waals surface area (Å²) in [6.07, 6.45) is -0.105. The number of amides is 2. The molecule has 0 aromatic heterocycles. The van der Waals surface area contributed by atoms with Crippen LogP contribution < -0.4 is 5.73 Å². The lowest BCUT2D eigenvalue weighted by Crippen LogP contribution is -2.34. The summed E-state index contributed by atoms with van der Waals surface area (Å²) in [6.45, 7) is 2.32.